The van der Waals surface area contributed by atoms with Gasteiger partial charge in [-0.1, -0.05) is 29.5 Å². The number of hydrogen-bond donors (Lipinski definition) is 1. The first-order valence-electron chi connectivity index (χ1n) is 6.54. The van der Waals surface area contributed by atoms with Crippen LogP contribution >= 0.6 is 11.8 Å². The molecule has 0 amide bonds. The minimum absolute atomic E-state index is 0.0502. The van der Waals surface area contributed by atoms with E-state index < -0.39 is 0 Å². The van der Waals surface area contributed by atoms with Gasteiger partial charge in [-0.25, -0.2) is 0 Å². The van der Waals surface area contributed by atoms with Gasteiger partial charge in [0.05, 0.1) is 6.61 Å². The van der Waals surface area contributed by atoms with Crippen LogP contribution in [0.25, 0.3) is 0 Å². The average Bonchev–Trinajstić information content (AvgIpc) is 2.49. The summed E-state index contributed by atoms with van der Waals surface area (Å²) >= 11 is 1.62. The van der Waals surface area contributed by atoms with Crippen molar-refractivity contribution in [2.45, 2.75) is 23.3 Å². The first-order valence-corrected chi connectivity index (χ1v) is 7.36. The molecular formula is C16H16O3S. The Morgan fingerprint density at radius 2 is 1.85 bits per heavy atom. The van der Waals surface area contributed by atoms with E-state index in [4.69, 9.17) is 9.47 Å². The monoisotopic (exact) mass is 288 g/mol. The van der Waals surface area contributed by atoms with Gasteiger partial charge >= 0.3 is 0 Å². The van der Waals surface area contributed by atoms with Gasteiger partial charge in [0, 0.05) is 9.79 Å². The molecule has 0 radical (unpaired) electrons. The molecule has 0 aliphatic carbocycles. The molecule has 0 atom stereocenters. The van der Waals surface area contributed by atoms with E-state index in [9.17, 15) is 5.11 Å². The predicted octanol–water partition coefficient (Wildman–Crippen LogP) is 3.41. The third kappa shape index (κ3) is 2.76. The van der Waals surface area contributed by atoms with Crippen molar-refractivity contribution < 1.29 is 14.6 Å². The molecule has 20 heavy (non-hydrogen) atoms. The highest BCUT2D eigenvalue weighted by atomic mass is 32.2. The van der Waals surface area contributed by atoms with Crippen molar-refractivity contribution in [3.05, 3.63) is 47.5 Å². The maximum atomic E-state index is 9.45. The molecule has 0 saturated carbocycles. The fraction of sp³-hybridized carbons (Fsp3) is 0.250. The number of aryl methyl sites for hydroxylation is 1. The first kappa shape index (κ1) is 13.3. The van der Waals surface area contributed by atoms with Gasteiger partial charge in [-0.3, -0.25) is 0 Å². The molecule has 0 spiro atoms. The Bertz CT molecular complexity index is 625. The Morgan fingerprint density at radius 3 is 2.65 bits per heavy atom. The van der Waals surface area contributed by atoms with Gasteiger partial charge in [-0.05, 0) is 36.8 Å². The molecule has 1 N–H and O–H groups in total. The zero-order valence-corrected chi connectivity index (χ0v) is 12.1. The third-order valence-electron chi connectivity index (χ3n) is 3.13. The lowest BCUT2D eigenvalue weighted by molar-refractivity contribution is 0.171. The van der Waals surface area contributed by atoms with Gasteiger partial charge in [0.15, 0.2) is 11.5 Å². The van der Waals surface area contributed by atoms with Gasteiger partial charge in [-0.15, -0.1) is 0 Å². The summed E-state index contributed by atoms with van der Waals surface area (Å²) < 4.78 is 11.1. The Balaban J connectivity index is 1.87. The first-order chi connectivity index (χ1) is 9.76. The predicted molar refractivity (Wildman–Crippen MR) is 78.7 cm³/mol. The van der Waals surface area contributed by atoms with E-state index in [-0.39, 0.29) is 6.61 Å². The highest BCUT2D eigenvalue weighted by Gasteiger charge is 2.13. The molecule has 0 bridgehead atoms. The summed E-state index contributed by atoms with van der Waals surface area (Å²) in [5.41, 5.74) is 2.10. The van der Waals surface area contributed by atoms with Crippen molar-refractivity contribution in [2.24, 2.45) is 0 Å². The zero-order valence-electron chi connectivity index (χ0n) is 11.3. The van der Waals surface area contributed by atoms with E-state index in [2.05, 4.69) is 6.07 Å². The molecule has 2 aromatic rings. The van der Waals surface area contributed by atoms with E-state index in [0.717, 1.165) is 32.4 Å². The van der Waals surface area contributed by atoms with Gasteiger partial charge < -0.3 is 14.6 Å². The number of rotatable bonds is 3. The van der Waals surface area contributed by atoms with Crippen LogP contribution in [0.2, 0.25) is 0 Å². The lowest BCUT2D eigenvalue weighted by Crippen LogP contribution is -2.15. The van der Waals surface area contributed by atoms with Crippen LogP contribution in [0.4, 0.5) is 0 Å². The number of hydrogen-bond acceptors (Lipinski definition) is 4. The summed E-state index contributed by atoms with van der Waals surface area (Å²) in [4.78, 5) is 2.14. The van der Waals surface area contributed by atoms with E-state index in [1.807, 2.05) is 37.3 Å². The molecule has 104 valence electrons. The van der Waals surface area contributed by atoms with Gasteiger partial charge in [0.25, 0.3) is 0 Å². The second-order valence-corrected chi connectivity index (χ2v) is 5.79. The largest absolute Gasteiger partial charge is 0.486 e. The standard InChI is InChI=1S/C16H16O3S/c1-11-2-5-16(12(8-11)10-17)20-13-3-4-14-15(9-13)19-7-6-18-14/h2-5,8-9,17H,6-7,10H2,1H3. The number of benzene rings is 2. The Hall–Kier alpha value is -1.65. The summed E-state index contributed by atoms with van der Waals surface area (Å²) in [6.45, 7) is 3.27. The van der Waals surface area contributed by atoms with Crippen LogP contribution in [0, 0.1) is 6.92 Å². The molecule has 4 heteroatoms. The number of aliphatic hydroxyl groups is 1. The second kappa shape index (κ2) is 5.77. The van der Waals surface area contributed by atoms with Gasteiger partial charge in [-0.2, -0.15) is 0 Å². The zero-order chi connectivity index (χ0) is 13.9. The summed E-state index contributed by atoms with van der Waals surface area (Å²) in [5.74, 6) is 1.59. The quantitative estimate of drug-likeness (QED) is 0.939. The molecule has 0 saturated heterocycles. The van der Waals surface area contributed by atoms with Crippen molar-refractivity contribution in [3.63, 3.8) is 0 Å². The molecule has 1 aliphatic rings. The molecule has 1 aliphatic heterocycles. The molecule has 0 unspecified atom stereocenters. The molecule has 1 heterocycles. The summed E-state index contributed by atoms with van der Waals surface area (Å²) in [6.07, 6.45) is 0. The van der Waals surface area contributed by atoms with Gasteiger partial charge in [0.2, 0.25) is 0 Å². The van der Waals surface area contributed by atoms with Crippen LogP contribution in [-0.2, 0) is 6.61 Å². The molecule has 2 aromatic carbocycles. The molecular weight excluding hydrogens is 272 g/mol. The van der Waals surface area contributed by atoms with Crippen LogP contribution in [0.5, 0.6) is 11.5 Å². The van der Waals surface area contributed by atoms with Crippen LogP contribution in [0.3, 0.4) is 0 Å². The molecule has 3 nitrogen and oxygen atoms in total. The van der Waals surface area contributed by atoms with E-state index >= 15 is 0 Å². The van der Waals surface area contributed by atoms with Crippen LogP contribution in [0.15, 0.2) is 46.2 Å². The lowest BCUT2D eigenvalue weighted by Gasteiger charge is -2.19. The number of fused-ring (bicyclic) bond motifs is 1. The Morgan fingerprint density at radius 1 is 1.05 bits per heavy atom. The fourth-order valence-electron chi connectivity index (χ4n) is 2.15. The van der Waals surface area contributed by atoms with Crippen molar-refractivity contribution in [3.8, 4) is 11.5 Å². The lowest BCUT2D eigenvalue weighted by atomic mass is 10.1. The van der Waals surface area contributed by atoms with Gasteiger partial charge in [0.1, 0.15) is 13.2 Å². The minimum atomic E-state index is 0.0502. The normalized spacial score (nSPS) is 13.3. The smallest absolute Gasteiger partial charge is 0.162 e. The molecule has 0 aromatic heterocycles. The highest BCUT2D eigenvalue weighted by molar-refractivity contribution is 7.99. The Labute approximate surface area is 122 Å². The van der Waals surface area contributed by atoms with E-state index in [0.29, 0.717) is 13.2 Å². The maximum absolute atomic E-state index is 9.45. The SMILES string of the molecule is Cc1ccc(Sc2ccc3c(c2)OCCO3)c(CO)c1. The highest BCUT2D eigenvalue weighted by Crippen LogP contribution is 2.38. The van der Waals surface area contributed by atoms with E-state index in [1.54, 1.807) is 11.8 Å². The van der Waals surface area contributed by atoms with Crippen molar-refractivity contribution >= 4 is 11.8 Å². The van der Waals surface area contributed by atoms with Crippen molar-refractivity contribution in [1.82, 2.24) is 0 Å². The summed E-state index contributed by atoms with van der Waals surface area (Å²) in [6, 6.07) is 12.0. The Kier molecular flexibility index (Phi) is 3.85. The summed E-state index contributed by atoms with van der Waals surface area (Å²) in [5, 5.41) is 9.45. The number of aliphatic hydroxyl groups excluding tert-OH is 1. The molecule has 0 fully saturated rings. The number of ether oxygens (including phenoxy) is 2. The van der Waals surface area contributed by atoms with Crippen molar-refractivity contribution in [1.29, 1.82) is 0 Å². The minimum Gasteiger partial charge on any atom is -0.486 e. The average molecular weight is 288 g/mol. The van der Waals surface area contributed by atoms with Crippen LogP contribution in [-0.4, -0.2) is 18.3 Å². The topological polar surface area (TPSA) is 38.7 Å². The molecule has 3 rings (SSSR count). The summed E-state index contributed by atoms with van der Waals surface area (Å²) in [7, 11) is 0. The van der Waals surface area contributed by atoms with Crippen LogP contribution in [0.1, 0.15) is 11.1 Å². The maximum Gasteiger partial charge on any atom is 0.162 e. The second-order valence-electron chi connectivity index (χ2n) is 4.68. The van der Waals surface area contributed by atoms with Crippen LogP contribution < -0.4 is 9.47 Å². The van der Waals surface area contributed by atoms with E-state index in [1.165, 1.54) is 0 Å². The third-order valence-corrected chi connectivity index (χ3v) is 4.24. The fourth-order valence-corrected chi connectivity index (χ4v) is 3.09. The van der Waals surface area contributed by atoms with Crippen molar-refractivity contribution in [2.75, 3.05) is 13.2 Å².